The van der Waals surface area contributed by atoms with Gasteiger partial charge in [-0.05, 0) is 82.5 Å². The molecule has 2 unspecified atom stereocenters. The summed E-state index contributed by atoms with van der Waals surface area (Å²) in [6.45, 7) is 17.7. The van der Waals surface area contributed by atoms with E-state index in [0.29, 0.717) is 11.8 Å². The zero-order chi connectivity index (χ0) is 30.9. The van der Waals surface area contributed by atoms with Crippen LogP contribution in [0.3, 0.4) is 0 Å². The van der Waals surface area contributed by atoms with Crippen molar-refractivity contribution < 1.29 is 34.3 Å². The molecule has 0 amide bonds. The van der Waals surface area contributed by atoms with E-state index >= 15 is 0 Å². The lowest BCUT2D eigenvalue weighted by molar-refractivity contribution is -0.128. The van der Waals surface area contributed by atoms with Gasteiger partial charge >= 0.3 is 0 Å². The Labute approximate surface area is 247 Å². The lowest BCUT2D eigenvalue weighted by atomic mass is 10.0. The highest BCUT2D eigenvalue weighted by atomic mass is 127. The first-order valence-electron chi connectivity index (χ1n) is 13.9. The van der Waals surface area contributed by atoms with E-state index < -0.39 is 11.6 Å². The molecule has 0 heterocycles. The van der Waals surface area contributed by atoms with Crippen molar-refractivity contribution in [2.24, 2.45) is 23.7 Å². The minimum atomic E-state index is -1.50. The SMILES string of the molecule is CC(C)(O)O.CC(C)(O)O.CC(C)C/C=C(/F)C(C)CCCCI.CC(C)C/C=C(/F)C(C)CCCCO. The van der Waals surface area contributed by atoms with Crippen molar-refractivity contribution in [1.82, 2.24) is 0 Å². The third-order valence-corrected chi connectivity index (χ3v) is 5.34. The molecule has 232 valence electrons. The van der Waals surface area contributed by atoms with Crippen molar-refractivity contribution >= 4 is 22.6 Å². The van der Waals surface area contributed by atoms with Crippen LogP contribution in [0, 0.1) is 23.7 Å². The maximum Gasteiger partial charge on any atom is 0.156 e. The average Bonchev–Trinajstić information content (AvgIpc) is 2.74. The number of hydrogen-bond acceptors (Lipinski definition) is 5. The van der Waals surface area contributed by atoms with Gasteiger partial charge in [-0.25, -0.2) is 8.78 Å². The molecule has 0 aromatic heterocycles. The van der Waals surface area contributed by atoms with Crippen LogP contribution in [0.5, 0.6) is 0 Å². The van der Waals surface area contributed by atoms with Crippen LogP contribution in [0.4, 0.5) is 8.78 Å². The first kappa shape index (κ1) is 44.9. The van der Waals surface area contributed by atoms with Gasteiger partial charge in [0, 0.05) is 18.4 Å². The summed E-state index contributed by atoms with van der Waals surface area (Å²) in [5.74, 6) is -1.69. The van der Waals surface area contributed by atoms with Gasteiger partial charge in [0.05, 0.1) is 11.7 Å². The Balaban J connectivity index is -0.000000225. The number of unbranched alkanes of at least 4 members (excludes halogenated alkanes) is 2. The second kappa shape index (κ2) is 27.1. The summed E-state index contributed by atoms with van der Waals surface area (Å²) in [5.41, 5.74) is 0. The second-order valence-corrected chi connectivity index (χ2v) is 12.7. The lowest BCUT2D eigenvalue weighted by Crippen LogP contribution is -2.15. The Hall–Kier alpha value is -0.130. The molecule has 8 heteroatoms. The predicted octanol–water partition coefficient (Wildman–Crippen LogP) is 8.23. The maximum atomic E-state index is 13.4. The zero-order valence-corrected chi connectivity index (χ0v) is 28.1. The summed E-state index contributed by atoms with van der Waals surface area (Å²) >= 11 is 2.37. The quantitative estimate of drug-likeness (QED) is 0.0557. The van der Waals surface area contributed by atoms with Crippen LogP contribution in [0.1, 0.15) is 121 Å². The van der Waals surface area contributed by atoms with Crippen LogP contribution in [0.15, 0.2) is 23.8 Å². The van der Waals surface area contributed by atoms with E-state index in [1.165, 1.54) is 38.5 Å². The second-order valence-electron chi connectivity index (χ2n) is 11.6. The lowest BCUT2D eigenvalue weighted by Gasteiger charge is -2.09. The standard InChI is InChI=1S/C12H22FI.C12H23FO.2C3H8O2/c2*1-10(2)7-8-12(13)11(3)6-4-5-9-14;2*1-3(2,4)5/h8,10-11H,4-7,9H2,1-3H3;8,10-11,14H,4-7,9H2,1-3H3;2*4-5H,1-2H3/b2*12-8+;;. The monoisotopic (exact) mass is 666 g/mol. The summed E-state index contributed by atoms with van der Waals surface area (Å²) in [6, 6.07) is 0. The molecule has 0 saturated heterocycles. The van der Waals surface area contributed by atoms with Crippen molar-refractivity contribution in [2.45, 2.75) is 132 Å². The van der Waals surface area contributed by atoms with Gasteiger partial charge in [0.15, 0.2) is 11.6 Å². The smallest absolute Gasteiger partial charge is 0.156 e. The summed E-state index contributed by atoms with van der Waals surface area (Å²) in [6.07, 6.45) is 11.0. The molecule has 0 aliphatic heterocycles. The van der Waals surface area contributed by atoms with Gasteiger partial charge in [0.2, 0.25) is 0 Å². The van der Waals surface area contributed by atoms with Crippen LogP contribution < -0.4 is 0 Å². The van der Waals surface area contributed by atoms with E-state index in [4.69, 9.17) is 25.5 Å². The molecule has 2 atom stereocenters. The topological polar surface area (TPSA) is 101 Å². The number of halogens is 3. The minimum Gasteiger partial charge on any atom is -0.396 e. The van der Waals surface area contributed by atoms with Crippen LogP contribution >= 0.6 is 22.6 Å². The molecule has 0 rings (SSSR count). The van der Waals surface area contributed by atoms with Crippen LogP contribution in [0.25, 0.3) is 0 Å². The Bertz CT molecular complexity index is 506. The molecule has 0 aliphatic rings. The van der Waals surface area contributed by atoms with Crippen molar-refractivity contribution in [2.75, 3.05) is 11.0 Å². The third-order valence-electron chi connectivity index (χ3n) is 4.58. The fraction of sp³-hybridized carbons (Fsp3) is 0.867. The highest BCUT2D eigenvalue weighted by Crippen LogP contribution is 2.21. The normalized spacial score (nSPS) is 14.1. The van der Waals surface area contributed by atoms with Gasteiger partial charge in [-0.15, -0.1) is 0 Å². The van der Waals surface area contributed by atoms with Crippen molar-refractivity contribution in [3.8, 4) is 0 Å². The van der Waals surface area contributed by atoms with Crippen molar-refractivity contribution in [1.29, 1.82) is 0 Å². The Morgan fingerprint density at radius 2 is 0.947 bits per heavy atom. The summed E-state index contributed by atoms with van der Waals surface area (Å²) < 4.78 is 28.0. The molecule has 0 saturated carbocycles. The zero-order valence-electron chi connectivity index (χ0n) is 25.9. The number of alkyl halides is 1. The summed E-state index contributed by atoms with van der Waals surface area (Å²) in [5, 5.41) is 40.9. The summed E-state index contributed by atoms with van der Waals surface area (Å²) in [4.78, 5) is 0. The third kappa shape index (κ3) is 56.2. The molecule has 0 spiro atoms. The van der Waals surface area contributed by atoms with Gasteiger partial charge in [0.1, 0.15) is 0 Å². The molecule has 0 aliphatic carbocycles. The van der Waals surface area contributed by atoms with Crippen LogP contribution in [-0.2, 0) is 0 Å². The number of allylic oxidation sites excluding steroid dienone is 4. The predicted molar refractivity (Wildman–Crippen MR) is 166 cm³/mol. The van der Waals surface area contributed by atoms with E-state index in [1.54, 1.807) is 12.2 Å². The molecule has 0 radical (unpaired) electrons. The number of aliphatic hydroxyl groups is 5. The van der Waals surface area contributed by atoms with Gasteiger partial charge in [-0.3, -0.25) is 0 Å². The van der Waals surface area contributed by atoms with E-state index in [9.17, 15) is 8.78 Å². The highest BCUT2D eigenvalue weighted by Gasteiger charge is 2.08. The molecule has 0 fully saturated rings. The van der Waals surface area contributed by atoms with E-state index in [1.807, 2.05) is 13.8 Å². The molecule has 0 aromatic carbocycles. The van der Waals surface area contributed by atoms with Gasteiger partial charge in [-0.1, -0.05) is 89.1 Å². The average molecular weight is 667 g/mol. The fourth-order valence-corrected chi connectivity index (χ4v) is 3.02. The van der Waals surface area contributed by atoms with E-state index in [2.05, 4.69) is 50.3 Å². The van der Waals surface area contributed by atoms with Crippen LogP contribution in [-0.4, -0.2) is 48.1 Å². The van der Waals surface area contributed by atoms with Gasteiger partial charge in [0.25, 0.3) is 0 Å². The highest BCUT2D eigenvalue weighted by molar-refractivity contribution is 14.1. The molecule has 38 heavy (non-hydrogen) atoms. The Morgan fingerprint density at radius 3 is 1.18 bits per heavy atom. The van der Waals surface area contributed by atoms with Crippen molar-refractivity contribution in [3.05, 3.63) is 23.8 Å². The van der Waals surface area contributed by atoms with Gasteiger partial charge < -0.3 is 25.5 Å². The number of hydrogen-bond donors (Lipinski definition) is 5. The maximum absolute atomic E-state index is 13.4. The molecular formula is C30H61F2IO5. The molecular weight excluding hydrogens is 605 g/mol. The Kier molecular flexibility index (Phi) is 32.0. The van der Waals surface area contributed by atoms with Crippen LogP contribution in [0.2, 0.25) is 0 Å². The van der Waals surface area contributed by atoms with E-state index in [0.717, 1.165) is 44.9 Å². The summed E-state index contributed by atoms with van der Waals surface area (Å²) in [7, 11) is 0. The fourth-order valence-electron chi connectivity index (χ4n) is 2.48. The largest absolute Gasteiger partial charge is 0.396 e. The van der Waals surface area contributed by atoms with Gasteiger partial charge in [-0.2, -0.15) is 0 Å². The molecule has 5 N–H and O–H groups in total. The molecule has 0 bridgehead atoms. The van der Waals surface area contributed by atoms with Crippen molar-refractivity contribution in [3.63, 3.8) is 0 Å². The molecule has 5 nitrogen and oxygen atoms in total. The first-order valence-corrected chi connectivity index (χ1v) is 15.4. The minimum absolute atomic E-state index is 0.0108. The number of aliphatic hydroxyl groups excluding tert-OH is 1. The number of rotatable bonds is 14. The molecule has 0 aromatic rings. The van der Waals surface area contributed by atoms with E-state index in [-0.39, 0.29) is 30.1 Å². The Morgan fingerprint density at radius 1 is 0.658 bits per heavy atom. The first-order chi connectivity index (χ1) is 17.1.